The van der Waals surface area contributed by atoms with Crippen LogP contribution in [0.4, 0.5) is 4.39 Å². The Balaban J connectivity index is 1.20. The molecule has 1 aromatic heterocycles. The summed E-state index contributed by atoms with van der Waals surface area (Å²) in [6.45, 7) is 13.6. The normalized spacial score (nSPS) is 21.5. The molecule has 0 N–H and O–H groups in total. The zero-order valence-corrected chi connectivity index (χ0v) is 27.7. The monoisotopic (exact) mass is 619 g/mol. The summed E-state index contributed by atoms with van der Waals surface area (Å²) in [7, 11) is 3.79. The second-order valence-corrected chi connectivity index (χ2v) is 13.8. The molecule has 3 fully saturated rings. The van der Waals surface area contributed by atoms with Crippen LogP contribution in [0.15, 0.2) is 36.5 Å². The van der Waals surface area contributed by atoms with E-state index in [-0.39, 0.29) is 11.9 Å². The van der Waals surface area contributed by atoms with Crippen LogP contribution in [0.25, 0.3) is 22.0 Å². The van der Waals surface area contributed by atoms with Crippen LogP contribution in [-0.2, 0) is 16.5 Å². The number of aromatic nitrogens is 2. The van der Waals surface area contributed by atoms with Crippen molar-refractivity contribution >= 4 is 16.8 Å². The van der Waals surface area contributed by atoms with Gasteiger partial charge in [0.15, 0.2) is 0 Å². The van der Waals surface area contributed by atoms with E-state index >= 15 is 0 Å². The maximum atomic E-state index is 14.7. The fourth-order valence-corrected chi connectivity index (χ4v) is 7.66. The number of nitrogens with zero attached hydrogens (tertiary/aromatic N) is 5. The number of methoxy groups -OCH3 is 1. The molecule has 6 rings (SSSR count). The van der Waals surface area contributed by atoms with Crippen LogP contribution in [-0.4, -0.2) is 108 Å². The number of aryl methyl sites for hydroxylation is 1. The predicted octanol–water partition coefficient (Wildman–Crippen LogP) is 5.56. The van der Waals surface area contributed by atoms with Gasteiger partial charge in [-0.3, -0.25) is 14.4 Å². The topological polar surface area (TPSA) is 63.1 Å². The number of hydrogen-bond acceptors (Lipinski definition) is 6. The minimum absolute atomic E-state index is 0.0650. The average Bonchev–Trinajstić information content (AvgIpc) is 3.39. The molecule has 3 aliphatic rings. The van der Waals surface area contributed by atoms with Gasteiger partial charge in [-0.25, -0.2) is 4.39 Å². The number of rotatable bonds is 10. The van der Waals surface area contributed by atoms with Crippen molar-refractivity contribution in [3.05, 3.63) is 53.5 Å². The summed E-state index contributed by atoms with van der Waals surface area (Å²) >= 11 is 0. The number of amides is 1. The Hall–Kier alpha value is -2.85. The van der Waals surface area contributed by atoms with E-state index in [4.69, 9.17) is 9.47 Å². The number of halogens is 1. The van der Waals surface area contributed by atoms with Crippen molar-refractivity contribution in [1.82, 2.24) is 24.5 Å². The Morgan fingerprint density at radius 1 is 1.11 bits per heavy atom. The Morgan fingerprint density at radius 3 is 2.60 bits per heavy atom. The molecule has 0 spiro atoms. The summed E-state index contributed by atoms with van der Waals surface area (Å²) in [4.78, 5) is 20.9. The Morgan fingerprint density at radius 2 is 1.89 bits per heavy atom. The molecule has 0 radical (unpaired) electrons. The molecule has 3 aromatic rings. The summed E-state index contributed by atoms with van der Waals surface area (Å²) in [6, 6.07) is 9.61. The maximum Gasteiger partial charge on any atom is 0.254 e. The lowest BCUT2D eigenvalue weighted by molar-refractivity contribution is 0.00361. The highest BCUT2D eigenvalue weighted by atomic mass is 19.1. The fourth-order valence-electron chi connectivity index (χ4n) is 7.66. The lowest BCUT2D eigenvalue weighted by atomic mass is 9.84. The van der Waals surface area contributed by atoms with Crippen molar-refractivity contribution in [3.8, 4) is 11.1 Å². The number of morpholine rings is 1. The number of fused-ring (bicyclic) bond motifs is 1. The molecule has 3 saturated heterocycles. The Labute approximate surface area is 267 Å². The lowest BCUT2D eigenvalue weighted by Crippen LogP contribution is -2.52. The number of likely N-dealkylation sites (tertiary alicyclic amines) is 2. The maximum absolute atomic E-state index is 14.7. The molecule has 2 aromatic carbocycles. The fraction of sp³-hybridized carbons (Fsp3) is 0.611. The van der Waals surface area contributed by atoms with Crippen LogP contribution in [0.1, 0.15) is 68.3 Å². The molecule has 3 aliphatic heterocycles. The SMILES string of the molecule is COC1CCN(CCC[C@@H](C(C)C)N2CC(c3cc(-c4ccc(F)cc4C(=O)N4CCOC[C@H]4C)c4cnn(C)c4c3)C2)CC1. The second kappa shape index (κ2) is 13.9. The summed E-state index contributed by atoms with van der Waals surface area (Å²) in [5.41, 5.74) is 4.37. The molecule has 0 aliphatic carbocycles. The molecule has 0 saturated carbocycles. The highest BCUT2D eigenvalue weighted by Gasteiger charge is 2.35. The molecule has 4 heterocycles. The van der Waals surface area contributed by atoms with Crippen LogP contribution >= 0.6 is 0 Å². The first-order valence-corrected chi connectivity index (χ1v) is 16.9. The van der Waals surface area contributed by atoms with Crippen molar-refractivity contribution in [1.29, 1.82) is 0 Å². The van der Waals surface area contributed by atoms with Gasteiger partial charge in [-0.2, -0.15) is 5.10 Å². The first kappa shape index (κ1) is 32.1. The summed E-state index contributed by atoms with van der Waals surface area (Å²) in [6.07, 6.45) is 7.00. The highest BCUT2D eigenvalue weighted by Crippen LogP contribution is 2.39. The molecule has 0 unspecified atom stereocenters. The predicted molar refractivity (Wildman–Crippen MR) is 176 cm³/mol. The van der Waals surface area contributed by atoms with Gasteiger partial charge in [-0.1, -0.05) is 19.9 Å². The van der Waals surface area contributed by atoms with Gasteiger partial charge in [0, 0.05) is 64.2 Å². The van der Waals surface area contributed by atoms with E-state index in [1.165, 1.54) is 37.1 Å². The third-order valence-electron chi connectivity index (χ3n) is 10.5. The molecule has 0 bridgehead atoms. The molecule has 244 valence electrons. The molecule has 1 amide bonds. The zero-order chi connectivity index (χ0) is 31.7. The number of ether oxygens (including phenoxy) is 2. The number of piperidine rings is 1. The Kier molecular flexibility index (Phi) is 9.90. The molecular weight excluding hydrogens is 569 g/mol. The molecule has 2 atom stereocenters. The first-order valence-electron chi connectivity index (χ1n) is 16.9. The van der Waals surface area contributed by atoms with Crippen molar-refractivity contribution in [2.75, 3.05) is 59.6 Å². The minimum atomic E-state index is -0.407. The van der Waals surface area contributed by atoms with E-state index < -0.39 is 5.82 Å². The zero-order valence-electron chi connectivity index (χ0n) is 27.7. The minimum Gasteiger partial charge on any atom is -0.381 e. The molecule has 8 nitrogen and oxygen atoms in total. The van der Waals surface area contributed by atoms with Crippen LogP contribution in [0.3, 0.4) is 0 Å². The van der Waals surface area contributed by atoms with Crippen LogP contribution < -0.4 is 0 Å². The number of hydrogen-bond donors (Lipinski definition) is 0. The summed E-state index contributed by atoms with van der Waals surface area (Å²) in [5, 5.41) is 5.55. The van der Waals surface area contributed by atoms with Gasteiger partial charge in [0.1, 0.15) is 5.82 Å². The van der Waals surface area contributed by atoms with E-state index in [0.29, 0.717) is 49.3 Å². The van der Waals surface area contributed by atoms with Crippen molar-refractivity contribution in [2.24, 2.45) is 13.0 Å². The standard InChI is InChI=1S/C36H50FN5O3/c1-24(2)34(7-6-12-40-13-10-29(44-5)11-14-40)41-21-27(22-41)26-17-31(33-20-38-39(4)35(33)18-26)30-9-8-28(37)19-32(30)36(43)42-15-16-45-23-25(42)3/h8-9,17-20,24-25,27,29,34H,6-7,10-16,21-23H2,1-5H3/t25-,34+/m1/s1. The van der Waals surface area contributed by atoms with Crippen molar-refractivity contribution in [2.45, 2.75) is 70.6 Å². The quantitative estimate of drug-likeness (QED) is 0.297. The van der Waals surface area contributed by atoms with Crippen LogP contribution in [0.2, 0.25) is 0 Å². The third kappa shape index (κ3) is 6.82. The van der Waals surface area contributed by atoms with Gasteiger partial charge in [0.2, 0.25) is 0 Å². The summed E-state index contributed by atoms with van der Waals surface area (Å²) in [5.74, 6) is 0.433. The van der Waals surface area contributed by atoms with Gasteiger partial charge in [0.05, 0.1) is 42.6 Å². The average molecular weight is 620 g/mol. The molecule has 9 heteroatoms. The smallest absolute Gasteiger partial charge is 0.254 e. The van der Waals surface area contributed by atoms with Gasteiger partial charge >= 0.3 is 0 Å². The largest absolute Gasteiger partial charge is 0.381 e. The molecule has 45 heavy (non-hydrogen) atoms. The van der Waals surface area contributed by atoms with Crippen molar-refractivity contribution in [3.63, 3.8) is 0 Å². The number of benzene rings is 2. The number of carbonyl (C=O) groups excluding carboxylic acids is 1. The first-order chi connectivity index (χ1) is 21.7. The van der Waals surface area contributed by atoms with E-state index in [9.17, 15) is 9.18 Å². The van der Waals surface area contributed by atoms with E-state index in [1.807, 2.05) is 36.9 Å². The van der Waals surface area contributed by atoms with Crippen molar-refractivity contribution < 1.29 is 18.7 Å². The van der Waals surface area contributed by atoms with E-state index in [2.05, 4.69) is 40.9 Å². The van der Waals surface area contributed by atoms with Crippen LogP contribution in [0.5, 0.6) is 0 Å². The third-order valence-corrected chi connectivity index (χ3v) is 10.5. The van der Waals surface area contributed by atoms with Gasteiger partial charge < -0.3 is 19.3 Å². The van der Waals surface area contributed by atoms with Gasteiger partial charge in [0.25, 0.3) is 5.91 Å². The van der Waals surface area contributed by atoms with E-state index in [1.54, 1.807) is 6.07 Å². The second-order valence-electron chi connectivity index (χ2n) is 13.8. The van der Waals surface area contributed by atoms with E-state index in [0.717, 1.165) is 61.1 Å². The highest BCUT2D eigenvalue weighted by molar-refractivity contribution is 6.05. The Bertz CT molecular complexity index is 1480. The lowest BCUT2D eigenvalue weighted by Gasteiger charge is -2.46. The van der Waals surface area contributed by atoms with Crippen LogP contribution in [0, 0.1) is 11.7 Å². The number of carbonyl (C=O) groups is 1. The summed E-state index contributed by atoms with van der Waals surface area (Å²) < 4.78 is 27.7. The van der Waals surface area contributed by atoms with Gasteiger partial charge in [-0.05, 0) is 86.0 Å². The molecular formula is C36H50FN5O3. The van der Waals surface area contributed by atoms with Gasteiger partial charge in [-0.15, -0.1) is 0 Å².